The van der Waals surface area contributed by atoms with Gasteiger partial charge >= 0.3 is 0 Å². The number of anilines is 2. The van der Waals surface area contributed by atoms with Gasteiger partial charge in [0, 0.05) is 28.1 Å². The second-order valence-electron chi connectivity index (χ2n) is 5.89. The summed E-state index contributed by atoms with van der Waals surface area (Å²) in [7, 11) is 0. The van der Waals surface area contributed by atoms with Crippen molar-refractivity contribution in [3.8, 4) is 0 Å². The maximum Gasteiger partial charge on any atom is 0.0954 e. The van der Waals surface area contributed by atoms with E-state index in [1.54, 1.807) is 0 Å². The Morgan fingerprint density at radius 1 is 0.909 bits per heavy atom. The molecule has 0 radical (unpaired) electrons. The van der Waals surface area contributed by atoms with E-state index in [2.05, 4.69) is 0 Å². The smallest absolute Gasteiger partial charge is 0.0954 e. The van der Waals surface area contributed by atoms with Crippen molar-refractivity contribution >= 4 is 11.4 Å². The topological polar surface area (TPSA) is 159 Å². The predicted molar refractivity (Wildman–Crippen MR) is 85.8 cm³/mol. The molecule has 0 saturated carbocycles. The average Bonchev–Trinajstić information content (AvgIpc) is 2.38. The fourth-order valence-corrected chi connectivity index (χ4v) is 2.79. The summed E-state index contributed by atoms with van der Waals surface area (Å²) < 4.78 is 0. The fraction of sp³-hybridized carbons (Fsp3) is 0.600. The number of benzene rings is 1. The van der Waals surface area contributed by atoms with Gasteiger partial charge in [0.2, 0.25) is 0 Å². The van der Waals surface area contributed by atoms with Crippen LogP contribution < -0.4 is 17.2 Å². The Labute approximate surface area is 130 Å². The first kappa shape index (κ1) is 18.7. The minimum Gasteiger partial charge on any atom is -0.398 e. The van der Waals surface area contributed by atoms with Crippen LogP contribution in [0.3, 0.4) is 0 Å². The summed E-state index contributed by atoms with van der Waals surface area (Å²) in [5, 5.41) is 40.1. The normalized spacial score (nSPS) is 20.0. The lowest BCUT2D eigenvalue weighted by atomic mass is 9.76. The summed E-state index contributed by atoms with van der Waals surface area (Å²) in [5.41, 5.74) is 17.8. The number of nitrogens with two attached hydrogens (primary N) is 3. The third-order valence-electron chi connectivity index (χ3n) is 4.15. The van der Waals surface area contributed by atoms with E-state index in [0.29, 0.717) is 5.56 Å². The van der Waals surface area contributed by atoms with Gasteiger partial charge in [-0.25, -0.2) is 0 Å². The first-order chi connectivity index (χ1) is 9.96. The van der Waals surface area contributed by atoms with E-state index in [1.807, 2.05) is 0 Å². The van der Waals surface area contributed by atoms with Gasteiger partial charge in [0.1, 0.15) is 0 Å². The van der Waals surface area contributed by atoms with Gasteiger partial charge in [-0.3, -0.25) is 0 Å². The first-order valence-electron chi connectivity index (χ1n) is 7.19. The largest absolute Gasteiger partial charge is 0.398 e. The zero-order chi connectivity index (χ0) is 17.4. The van der Waals surface area contributed by atoms with Gasteiger partial charge in [-0.1, -0.05) is 0 Å². The molecule has 126 valence electrons. The van der Waals surface area contributed by atoms with Crippen LogP contribution in [0.4, 0.5) is 11.4 Å². The predicted octanol–water partition coefficient (Wildman–Crippen LogP) is -0.127. The van der Waals surface area contributed by atoms with Crippen molar-refractivity contribution in [3.63, 3.8) is 0 Å². The summed E-state index contributed by atoms with van der Waals surface area (Å²) >= 11 is 0. The molecule has 7 heteroatoms. The summed E-state index contributed by atoms with van der Waals surface area (Å²) in [5.74, 6) is 0. The zero-order valence-corrected chi connectivity index (χ0v) is 13.4. The van der Waals surface area contributed by atoms with Gasteiger partial charge in [0.05, 0.1) is 30.0 Å². The molecule has 0 bridgehead atoms. The van der Waals surface area contributed by atoms with Gasteiger partial charge in [0.15, 0.2) is 0 Å². The minimum absolute atomic E-state index is 0.144. The SMILES string of the molecule is CC(O)c1cc(N)c(C(N)(C(C)O)C(C)O)c(C(C)O)c1N. The highest BCUT2D eigenvalue weighted by Crippen LogP contribution is 2.42. The lowest BCUT2D eigenvalue weighted by Crippen LogP contribution is -2.55. The van der Waals surface area contributed by atoms with Gasteiger partial charge < -0.3 is 37.6 Å². The lowest BCUT2D eigenvalue weighted by molar-refractivity contribution is 0.00373. The van der Waals surface area contributed by atoms with Crippen LogP contribution in [0.2, 0.25) is 0 Å². The second-order valence-corrected chi connectivity index (χ2v) is 5.89. The quantitative estimate of drug-likeness (QED) is 0.373. The monoisotopic (exact) mass is 313 g/mol. The number of nitrogen functional groups attached to an aromatic ring is 2. The molecular formula is C15H27N3O4. The van der Waals surface area contributed by atoms with Gasteiger partial charge in [-0.05, 0) is 33.8 Å². The molecule has 1 rings (SSSR count). The number of aliphatic hydroxyl groups excluding tert-OH is 4. The van der Waals surface area contributed by atoms with Crippen molar-refractivity contribution in [2.45, 2.75) is 57.6 Å². The molecule has 22 heavy (non-hydrogen) atoms. The van der Waals surface area contributed by atoms with E-state index in [1.165, 1.54) is 33.8 Å². The van der Waals surface area contributed by atoms with E-state index >= 15 is 0 Å². The average molecular weight is 313 g/mol. The maximum atomic E-state index is 10.1. The fourth-order valence-electron chi connectivity index (χ4n) is 2.79. The Kier molecular flexibility index (Phi) is 5.42. The van der Waals surface area contributed by atoms with Crippen molar-refractivity contribution in [2.24, 2.45) is 5.73 Å². The van der Waals surface area contributed by atoms with Crippen LogP contribution >= 0.6 is 0 Å². The molecule has 0 amide bonds. The number of aliphatic hydroxyl groups is 4. The van der Waals surface area contributed by atoms with Gasteiger partial charge in [-0.2, -0.15) is 0 Å². The van der Waals surface area contributed by atoms with Crippen molar-refractivity contribution in [2.75, 3.05) is 11.5 Å². The molecule has 0 saturated heterocycles. The third-order valence-corrected chi connectivity index (χ3v) is 4.15. The van der Waals surface area contributed by atoms with Crippen LogP contribution in [0.5, 0.6) is 0 Å². The van der Waals surface area contributed by atoms with Crippen LogP contribution in [0.15, 0.2) is 6.07 Å². The van der Waals surface area contributed by atoms with Crippen LogP contribution in [0.1, 0.15) is 56.6 Å². The molecule has 4 unspecified atom stereocenters. The number of rotatable bonds is 5. The van der Waals surface area contributed by atoms with Crippen molar-refractivity contribution in [3.05, 3.63) is 22.8 Å². The maximum absolute atomic E-state index is 10.1. The minimum atomic E-state index is -1.61. The molecule has 0 heterocycles. The van der Waals surface area contributed by atoms with E-state index < -0.39 is 30.0 Å². The molecule has 0 aliphatic rings. The molecule has 10 N–H and O–H groups in total. The number of hydrogen-bond donors (Lipinski definition) is 7. The zero-order valence-electron chi connectivity index (χ0n) is 13.4. The molecule has 1 aromatic rings. The second kappa shape index (κ2) is 6.39. The lowest BCUT2D eigenvalue weighted by Gasteiger charge is -2.39. The molecular weight excluding hydrogens is 286 g/mol. The Hall–Kier alpha value is -1.38. The molecule has 0 spiro atoms. The standard InChI is InChI=1S/C15H27N3O4/c1-6(19)10-5-11(16)13(12(7(2)20)14(10)17)15(18,8(3)21)9(4)22/h5-9,19-22H,16-18H2,1-4H3. The molecule has 0 aliphatic carbocycles. The van der Waals surface area contributed by atoms with Crippen molar-refractivity contribution < 1.29 is 20.4 Å². The molecule has 4 atom stereocenters. The van der Waals surface area contributed by atoms with Gasteiger partial charge in [0.25, 0.3) is 0 Å². The van der Waals surface area contributed by atoms with Crippen LogP contribution in [-0.4, -0.2) is 32.6 Å². The molecule has 7 nitrogen and oxygen atoms in total. The van der Waals surface area contributed by atoms with Crippen LogP contribution in [-0.2, 0) is 5.54 Å². The molecule has 1 aromatic carbocycles. The summed E-state index contributed by atoms with van der Waals surface area (Å²) in [6.07, 6.45) is -4.23. The molecule has 0 aromatic heterocycles. The van der Waals surface area contributed by atoms with Crippen molar-refractivity contribution in [1.29, 1.82) is 0 Å². The Morgan fingerprint density at radius 2 is 1.36 bits per heavy atom. The Morgan fingerprint density at radius 3 is 1.68 bits per heavy atom. The van der Waals surface area contributed by atoms with E-state index in [4.69, 9.17) is 17.2 Å². The van der Waals surface area contributed by atoms with E-state index in [0.717, 1.165) is 0 Å². The third kappa shape index (κ3) is 2.90. The summed E-state index contributed by atoms with van der Waals surface area (Å²) in [6.45, 7) is 5.86. The first-order valence-corrected chi connectivity index (χ1v) is 7.19. The highest BCUT2D eigenvalue weighted by atomic mass is 16.3. The molecule has 0 aliphatic heterocycles. The van der Waals surface area contributed by atoms with Crippen LogP contribution in [0, 0.1) is 0 Å². The highest BCUT2D eigenvalue weighted by Gasteiger charge is 2.42. The number of hydrogen-bond acceptors (Lipinski definition) is 7. The van der Waals surface area contributed by atoms with Crippen LogP contribution in [0.25, 0.3) is 0 Å². The highest BCUT2D eigenvalue weighted by molar-refractivity contribution is 5.70. The summed E-state index contributed by atoms with van der Waals surface area (Å²) in [6, 6.07) is 1.45. The van der Waals surface area contributed by atoms with E-state index in [-0.39, 0.29) is 22.5 Å². The summed E-state index contributed by atoms with van der Waals surface area (Å²) in [4.78, 5) is 0. The van der Waals surface area contributed by atoms with E-state index in [9.17, 15) is 20.4 Å². The Bertz CT molecular complexity index is 534. The van der Waals surface area contributed by atoms with Crippen molar-refractivity contribution in [1.82, 2.24) is 0 Å². The molecule has 0 fully saturated rings. The van der Waals surface area contributed by atoms with Gasteiger partial charge in [-0.15, -0.1) is 0 Å². The Balaban J connectivity index is 3.85.